The van der Waals surface area contributed by atoms with Gasteiger partial charge in [0.2, 0.25) is 11.8 Å². The minimum absolute atomic E-state index is 0.0813. The van der Waals surface area contributed by atoms with E-state index in [-0.39, 0.29) is 28.2 Å². The quantitative estimate of drug-likeness (QED) is 0.631. The molecule has 1 saturated carbocycles. The van der Waals surface area contributed by atoms with Crippen molar-refractivity contribution in [3.63, 3.8) is 0 Å². The van der Waals surface area contributed by atoms with Crippen molar-refractivity contribution in [2.45, 2.75) is 52.5 Å². The first-order chi connectivity index (χ1) is 13.9. The van der Waals surface area contributed by atoms with E-state index in [9.17, 15) is 19.2 Å². The molecule has 1 aromatic carbocycles. The Morgan fingerprint density at radius 2 is 1.93 bits per heavy atom. The summed E-state index contributed by atoms with van der Waals surface area (Å²) in [6.07, 6.45) is 2.09. The van der Waals surface area contributed by atoms with Crippen molar-refractivity contribution in [3.8, 4) is 0 Å². The summed E-state index contributed by atoms with van der Waals surface area (Å²) < 4.78 is 0. The first-order valence-corrected chi connectivity index (χ1v) is 10.3. The third-order valence-electron chi connectivity index (χ3n) is 5.49. The second-order valence-electron chi connectivity index (χ2n) is 9.18. The highest BCUT2D eigenvalue weighted by molar-refractivity contribution is 6.34. The van der Waals surface area contributed by atoms with Gasteiger partial charge in [-0.1, -0.05) is 32.4 Å². The van der Waals surface area contributed by atoms with Crippen LogP contribution >= 0.6 is 11.6 Å². The molecule has 3 rings (SSSR count). The molecule has 2 aliphatic rings. The molecular formula is C21H27ClN4O4. The summed E-state index contributed by atoms with van der Waals surface area (Å²) in [5, 5.41) is 8.30. The summed E-state index contributed by atoms with van der Waals surface area (Å²) >= 11 is 6.17. The lowest BCUT2D eigenvalue weighted by atomic mass is 9.64. The Morgan fingerprint density at radius 1 is 1.23 bits per heavy atom. The highest BCUT2D eigenvalue weighted by Gasteiger charge is 2.56. The van der Waals surface area contributed by atoms with E-state index in [0.29, 0.717) is 24.2 Å². The molecule has 0 aromatic heterocycles. The number of nitrogens with zero attached hydrogens (tertiary/aromatic N) is 1. The van der Waals surface area contributed by atoms with Crippen LogP contribution in [0.5, 0.6) is 0 Å². The van der Waals surface area contributed by atoms with Gasteiger partial charge in [-0.05, 0) is 48.8 Å². The van der Waals surface area contributed by atoms with E-state index in [2.05, 4.69) is 36.7 Å². The topological polar surface area (TPSA) is 108 Å². The Balaban J connectivity index is 1.69. The Hall–Kier alpha value is -2.61. The molecule has 3 N–H and O–H groups in total. The van der Waals surface area contributed by atoms with E-state index in [0.717, 1.165) is 11.3 Å². The van der Waals surface area contributed by atoms with E-state index < -0.39 is 24.0 Å². The van der Waals surface area contributed by atoms with Gasteiger partial charge >= 0.3 is 6.03 Å². The standard InChI is InChI=1S/C21H27ClN4O4/c1-12-8-20(3,4)11-21(9-12)18(29)26(19(30)25-21)10-17(28)24-16-6-5-14(7-15(16)22)23-13(2)27/h5-7,12H,8-11H2,1-4H3,(H,23,27)(H,24,28)(H,25,30). The normalized spacial score (nSPS) is 25.2. The molecule has 30 heavy (non-hydrogen) atoms. The van der Waals surface area contributed by atoms with Gasteiger partial charge in [0.1, 0.15) is 12.1 Å². The van der Waals surface area contributed by atoms with Gasteiger partial charge in [-0.2, -0.15) is 0 Å². The molecule has 1 spiro atoms. The Bertz CT molecular complexity index is 916. The van der Waals surface area contributed by atoms with Crippen LogP contribution in [-0.4, -0.2) is 40.7 Å². The number of hydrogen-bond donors (Lipinski definition) is 3. The fourth-order valence-electron chi connectivity index (χ4n) is 4.88. The molecule has 5 amide bonds. The minimum atomic E-state index is -0.948. The number of carbonyl (C=O) groups is 4. The van der Waals surface area contributed by atoms with E-state index in [1.807, 2.05) is 0 Å². The Kier molecular flexibility index (Phi) is 5.82. The Morgan fingerprint density at radius 3 is 2.53 bits per heavy atom. The molecule has 9 heteroatoms. The van der Waals surface area contributed by atoms with Crippen LogP contribution in [0.4, 0.5) is 16.2 Å². The van der Waals surface area contributed by atoms with Crippen LogP contribution in [0.3, 0.4) is 0 Å². The van der Waals surface area contributed by atoms with Crippen LogP contribution in [0, 0.1) is 11.3 Å². The maximum Gasteiger partial charge on any atom is 0.325 e. The van der Waals surface area contributed by atoms with Gasteiger partial charge < -0.3 is 16.0 Å². The first-order valence-electron chi connectivity index (χ1n) is 9.92. The van der Waals surface area contributed by atoms with Crippen LogP contribution in [0.15, 0.2) is 18.2 Å². The maximum atomic E-state index is 13.1. The lowest BCUT2D eigenvalue weighted by Crippen LogP contribution is -2.54. The predicted octanol–water partition coefficient (Wildman–Crippen LogP) is 3.37. The third kappa shape index (κ3) is 4.59. The van der Waals surface area contributed by atoms with Gasteiger partial charge in [0.15, 0.2) is 0 Å². The molecule has 1 saturated heterocycles. The number of nitrogens with one attached hydrogen (secondary N) is 3. The van der Waals surface area contributed by atoms with Crippen molar-refractivity contribution in [1.29, 1.82) is 0 Å². The molecule has 8 nitrogen and oxygen atoms in total. The van der Waals surface area contributed by atoms with E-state index in [1.165, 1.54) is 13.0 Å². The second kappa shape index (κ2) is 7.91. The number of rotatable bonds is 4. The van der Waals surface area contributed by atoms with Gasteiger partial charge in [-0.3, -0.25) is 19.3 Å². The van der Waals surface area contributed by atoms with Gasteiger partial charge in [0, 0.05) is 12.6 Å². The Labute approximate surface area is 180 Å². The van der Waals surface area contributed by atoms with Gasteiger partial charge in [0.25, 0.3) is 5.91 Å². The first kappa shape index (κ1) is 22.1. The minimum Gasteiger partial charge on any atom is -0.326 e. The summed E-state index contributed by atoms with van der Waals surface area (Å²) in [4.78, 5) is 50.3. The molecule has 0 bridgehead atoms. The molecule has 2 atom stereocenters. The average molecular weight is 435 g/mol. The van der Waals surface area contributed by atoms with Crippen molar-refractivity contribution in [3.05, 3.63) is 23.2 Å². The van der Waals surface area contributed by atoms with Crippen molar-refractivity contribution >= 4 is 46.7 Å². The van der Waals surface area contributed by atoms with E-state index >= 15 is 0 Å². The molecule has 1 heterocycles. The zero-order chi connectivity index (χ0) is 22.3. The van der Waals surface area contributed by atoms with Crippen molar-refractivity contribution in [2.24, 2.45) is 11.3 Å². The number of hydrogen-bond acceptors (Lipinski definition) is 4. The summed E-state index contributed by atoms with van der Waals surface area (Å²) in [7, 11) is 0. The fraction of sp³-hybridized carbons (Fsp3) is 0.524. The lowest BCUT2D eigenvalue weighted by Gasteiger charge is -2.43. The second-order valence-corrected chi connectivity index (χ2v) is 9.59. The van der Waals surface area contributed by atoms with Gasteiger partial charge in [-0.15, -0.1) is 0 Å². The monoisotopic (exact) mass is 434 g/mol. The number of anilines is 2. The number of imide groups is 1. The lowest BCUT2D eigenvalue weighted by molar-refractivity contribution is -0.136. The summed E-state index contributed by atoms with van der Waals surface area (Å²) in [6.45, 7) is 7.23. The number of carbonyl (C=O) groups excluding carboxylic acids is 4. The van der Waals surface area contributed by atoms with Crippen molar-refractivity contribution in [2.75, 3.05) is 17.2 Å². The maximum absolute atomic E-state index is 13.1. The van der Waals surface area contributed by atoms with Crippen molar-refractivity contribution < 1.29 is 19.2 Å². The highest BCUT2D eigenvalue weighted by atomic mass is 35.5. The zero-order valence-electron chi connectivity index (χ0n) is 17.6. The van der Waals surface area contributed by atoms with Crippen LogP contribution < -0.4 is 16.0 Å². The highest BCUT2D eigenvalue weighted by Crippen LogP contribution is 2.46. The molecule has 162 valence electrons. The summed E-state index contributed by atoms with van der Waals surface area (Å²) in [5.74, 6) is -0.842. The number of amides is 5. The molecule has 1 aliphatic heterocycles. The molecular weight excluding hydrogens is 408 g/mol. The van der Waals surface area contributed by atoms with Crippen LogP contribution in [0.1, 0.15) is 47.0 Å². The van der Waals surface area contributed by atoms with Crippen LogP contribution in [0.25, 0.3) is 0 Å². The van der Waals surface area contributed by atoms with E-state index in [1.54, 1.807) is 12.1 Å². The van der Waals surface area contributed by atoms with Crippen LogP contribution in [-0.2, 0) is 14.4 Å². The summed E-state index contributed by atoms with van der Waals surface area (Å²) in [5.41, 5.74) is -0.210. The van der Waals surface area contributed by atoms with Crippen LogP contribution in [0.2, 0.25) is 5.02 Å². The van der Waals surface area contributed by atoms with Crippen molar-refractivity contribution in [1.82, 2.24) is 10.2 Å². The number of benzene rings is 1. The molecule has 2 unspecified atom stereocenters. The van der Waals surface area contributed by atoms with Gasteiger partial charge in [-0.25, -0.2) is 4.79 Å². The average Bonchev–Trinajstić information content (AvgIpc) is 2.78. The predicted molar refractivity (Wildman–Crippen MR) is 114 cm³/mol. The third-order valence-corrected chi connectivity index (χ3v) is 5.80. The number of halogens is 1. The molecule has 2 fully saturated rings. The van der Waals surface area contributed by atoms with E-state index in [4.69, 9.17) is 11.6 Å². The molecule has 0 radical (unpaired) electrons. The fourth-order valence-corrected chi connectivity index (χ4v) is 5.11. The summed E-state index contributed by atoms with van der Waals surface area (Å²) in [6, 6.07) is 4.10. The van der Waals surface area contributed by atoms with Gasteiger partial charge in [0.05, 0.1) is 10.7 Å². The smallest absolute Gasteiger partial charge is 0.325 e. The SMILES string of the molecule is CC(=O)Nc1ccc(NC(=O)CN2C(=O)NC3(CC(C)CC(C)(C)C3)C2=O)c(Cl)c1. The zero-order valence-corrected chi connectivity index (χ0v) is 18.4. The molecule has 1 aliphatic carbocycles. The number of urea groups is 1. The molecule has 1 aromatic rings. The largest absolute Gasteiger partial charge is 0.326 e.